The molecule has 0 aromatic rings. The van der Waals surface area contributed by atoms with E-state index < -0.39 is 15.8 Å². The summed E-state index contributed by atoms with van der Waals surface area (Å²) in [5.41, 5.74) is 0. The van der Waals surface area contributed by atoms with Crippen LogP contribution in [0, 0.1) is 0 Å². The second-order valence-corrected chi connectivity index (χ2v) is 3.45. The van der Waals surface area contributed by atoms with E-state index in [0.717, 1.165) is 0 Å². The fourth-order valence-corrected chi connectivity index (χ4v) is 1.11. The lowest BCUT2D eigenvalue weighted by Gasteiger charge is -1.99. The fraction of sp³-hybridized carbons (Fsp3) is 0. The van der Waals surface area contributed by atoms with E-state index in [2.05, 4.69) is 4.31 Å². The highest BCUT2D eigenvalue weighted by Crippen LogP contribution is 2.61. The third-order valence-electron chi connectivity index (χ3n) is 0.201. The first kappa shape index (κ1) is 9.20. The molecule has 0 aliphatic carbocycles. The van der Waals surface area contributed by atoms with E-state index in [9.17, 15) is 17.5 Å². The first-order valence-corrected chi connectivity index (χ1v) is 4.41. The highest BCUT2D eigenvalue weighted by Gasteiger charge is 2.32. The molecule has 0 bridgehead atoms. The molecule has 5 nitrogen and oxygen atoms in total. The Morgan fingerprint density at radius 3 is 1.56 bits per heavy atom. The van der Waals surface area contributed by atoms with Crippen molar-refractivity contribution < 1.29 is 31.6 Å². The van der Waals surface area contributed by atoms with Crippen molar-refractivity contribution >= 4 is 15.8 Å². The molecular formula is H2F2O5P2. The Morgan fingerprint density at radius 1 is 1.22 bits per heavy atom. The summed E-state index contributed by atoms with van der Waals surface area (Å²) in [5.74, 6) is 0. The molecule has 9 heavy (non-hydrogen) atoms. The van der Waals surface area contributed by atoms with E-state index in [1.54, 1.807) is 0 Å². The summed E-state index contributed by atoms with van der Waals surface area (Å²) in [4.78, 5) is 15.2. The number of hydrogen-bond donors (Lipinski definition) is 2. The number of phosphoric acid groups is 1. The molecule has 0 aromatic carbocycles. The zero-order valence-corrected chi connectivity index (χ0v) is 5.56. The highest BCUT2D eigenvalue weighted by molar-refractivity contribution is 7.60. The first-order chi connectivity index (χ1) is 3.71. The zero-order valence-electron chi connectivity index (χ0n) is 3.77. The Labute approximate surface area is 48.6 Å². The summed E-state index contributed by atoms with van der Waals surface area (Å²) in [7, 11) is -11.4. The van der Waals surface area contributed by atoms with Crippen LogP contribution in [-0.2, 0) is 13.4 Å². The summed E-state index contributed by atoms with van der Waals surface area (Å²) in [6.07, 6.45) is 0. The summed E-state index contributed by atoms with van der Waals surface area (Å²) in [5, 5.41) is 0. The first-order valence-electron chi connectivity index (χ1n) is 1.47. The second kappa shape index (κ2) is 2.44. The molecule has 0 fully saturated rings. The molecule has 0 aliphatic heterocycles. The van der Waals surface area contributed by atoms with Crippen molar-refractivity contribution in [2.24, 2.45) is 0 Å². The molecule has 0 heterocycles. The van der Waals surface area contributed by atoms with Crippen LogP contribution >= 0.6 is 15.8 Å². The van der Waals surface area contributed by atoms with Gasteiger partial charge in [0.2, 0.25) is 0 Å². The van der Waals surface area contributed by atoms with E-state index >= 15 is 0 Å². The van der Waals surface area contributed by atoms with Gasteiger partial charge in [-0.3, -0.25) is 0 Å². The normalized spacial score (nSPS) is 13.8. The van der Waals surface area contributed by atoms with Crippen LogP contribution in [0.3, 0.4) is 0 Å². The molecule has 0 atom stereocenters. The van der Waals surface area contributed by atoms with Crippen LogP contribution in [0.5, 0.6) is 0 Å². The minimum atomic E-state index is -6.05. The van der Waals surface area contributed by atoms with Crippen LogP contribution in [0.4, 0.5) is 8.39 Å². The van der Waals surface area contributed by atoms with Gasteiger partial charge in [0.1, 0.15) is 0 Å². The van der Waals surface area contributed by atoms with Crippen LogP contribution in [0.2, 0.25) is 0 Å². The van der Waals surface area contributed by atoms with E-state index in [-0.39, 0.29) is 0 Å². The monoisotopic (exact) mass is 182 g/mol. The van der Waals surface area contributed by atoms with Crippen molar-refractivity contribution in [3.05, 3.63) is 0 Å². The molecule has 0 amide bonds. The Kier molecular flexibility index (Phi) is 2.49. The van der Waals surface area contributed by atoms with Gasteiger partial charge in [0.25, 0.3) is 0 Å². The lowest BCUT2D eigenvalue weighted by Crippen LogP contribution is -1.77. The Bertz CT molecular complexity index is 153. The predicted octanol–water partition coefficient (Wildman–Crippen LogP) is 1.14. The zero-order chi connectivity index (χ0) is 7.71. The maximum atomic E-state index is 11.1. The second-order valence-electron chi connectivity index (χ2n) is 0.987. The third kappa shape index (κ3) is 8.20. The third-order valence-corrected chi connectivity index (χ3v) is 1.81. The van der Waals surface area contributed by atoms with E-state index in [1.807, 2.05) is 0 Å². The van der Waals surface area contributed by atoms with Crippen molar-refractivity contribution in [2.75, 3.05) is 0 Å². The molecular weight excluding hydrogens is 180 g/mol. The summed E-state index contributed by atoms with van der Waals surface area (Å²) in [6, 6.07) is 0. The minimum absolute atomic E-state index is 2.51. The Hall–Kier alpha value is 0.200. The molecule has 0 radical (unpaired) electrons. The van der Waals surface area contributed by atoms with Crippen LogP contribution < -0.4 is 0 Å². The van der Waals surface area contributed by atoms with Crippen LogP contribution in [0.15, 0.2) is 0 Å². The highest BCUT2D eigenvalue weighted by atomic mass is 31.3. The minimum Gasteiger partial charge on any atom is -0.302 e. The maximum absolute atomic E-state index is 11.1. The summed E-state index contributed by atoms with van der Waals surface area (Å²) < 4.78 is 43.3. The van der Waals surface area contributed by atoms with Crippen molar-refractivity contribution in [1.29, 1.82) is 0 Å². The van der Waals surface area contributed by atoms with Crippen LogP contribution in [0.1, 0.15) is 0 Å². The van der Waals surface area contributed by atoms with Gasteiger partial charge in [0.15, 0.2) is 0 Å². The smallest absolute Gasteiger partial charge is 0.302 e. The van der Waals surface area contributed by atoms with Crippen molar-refractivity contribution in [2.45, 2.75) is 0 Å². The van der Waals surface area contributed by atoms with Gasteiger partial charge < -0.3 is 9.79 Å². The van der Waals surface area contributed by atoms with E-state index in [4.69, 9.17) is 9.79 Å². The topological polar surface area (TPSA) is 83.8 Å². The van der Waals surface area contributed by atoms with Crippen molar-refractivity contribution in [1.82, 2.24) is 0 Å². The Morgan fingerprint density at radius 2 is 1.56 bits per heavy atom. The molecule has 0 unspecified atom stereocenters. The predicted molar refractivity (Wildman–Crippen MR) is 23.0 cm³/mol. The van der Waals surface area contributed by atoms with Gasteiger partial charge in [-0.2, -0.15) is 4.31 Å². The summed E-state index contributed by atoms with van der Waals surface area (Å²) in [6.45, 7) is 0. The van der Waals surface area contributed by atoms with Gasteiger partial charge in [-0.1, -0.05) is 0 Å². The molecule has 0 saturated carbocycles. The average molecular weight is 182 g/mol. The molecule has 2 N–H and O–H groups in total. The molecule has 0 spiro atoms. The van der Waals surface area contributed by atoms with Gasteiger partial charge in [-0.05, 0) is 0 Å². The van der Waals surface area contributed by atoms with Crippen molar-refractivity contribution in [3.8, 4) is 0 Å². The molecule has 0 rings (SSSR count). The lowest BCUT2D eigenvalue weighted by atomic mass is 15.7. The van der Waals surface area contributed by atoms with Crippen LogP contribution in [-0.4, -0.2) is 9.79 Å². The molecule has 0 aliphatic rings. The van der Waals surface area contributed by atoms with Gasteiger partial charge in [-0.15, -0.1) is 8.39 Å². The van der Waals surface area contributed by atoms with Gasteiger partial charge in [0.05, 0.1) is 0 Å². The summed E-state index contributed by atoms with van der Waals surface area (Å²) >= 11 is 0. The number of hydrogen-bond acceptors (Lipinski definition) is 3. The molecule has 56 valence electrons. The largest absolute Gasteiger partial charge is 0.560 e. The van der Waals surface area contributed by atoms with E-state index in [0.29, 0.717) is 0 Å². The fourth-order valence-electron chi connectivity index (χ4n) is 0.124. The quantitative estimate of drug-likeness (QED) is 0.625. The maximum Gasteiger partial charge on any atom is 0.560 e. The standard InChI is InChI=1S/F2H2O5P2/c1-8(2,3)7-9(4,5)6/h(H2,4,5,6). The van der Waals surface area contributed by atoms with Gasteiger partial charge >= 0.3 is 15.8 Å². The number of halogens is 2. The lowest BCUT2D eigenvalue weighted by molar-refractivity contribution is 0.262. The average Bonchev–Trinajstić information content (AvgIpc) is 1.14. The van der Waals surface area contributed by atoms with Gasteiger partial charge in [-0.25, -0.2) is 9.13 Å². The van der Waals surface area contributed by atoms with Crippen molar-refractivity contribution in [3.63, 3.8) is 0 Å². The molecule has 0 saturated heterocycles. The Balaban J connectivity index is 4.07. The number of rotatable bonds is 2. The van der Waals surface area contributed by atoms with Gasteiger partial charge in [0, 0.05) is 0 Å². The molecule has 9 heteroatoms. The SMILES string of the molecule is O=P(O)(O)OP(=O)(F)F. The van der Waals surface area contributed by atoms with E-state index in [1.165, 1.54) is 0 Å². The molecule has 0 aromatic heterocycles. The van der Waals surface area contributed by atoms with Crippen LogP contribution in [0.25, 0.3) is 0 Å².